The quantitative estimate of drug-likeness (QED) is 0.866. The molecule has 2 aromatic heterocycles. The third kappa shape index (κ3) is 2.81. The Hall–Kier alpha value is -2.01. The van der Waals surface area contributed by atoms with Crippen LogP contribution in [0.5, 0.6) is 5.88 Å². The number of pyridine rings is 1. The molecular weight excluding hydrogens is 276 g/mol. The number of nitrogens with zero attached hydrogens (tertiary/aromatic N) is 4. The van der Waals surface area contributed by atoms with Crippen molar-refractivity contribution in [2.75, 3.05) is 13.7 Å². The van der Waals surface area contributed by atoms with Crippen LogP contribution in [0.25, 0.3) is 0 Å². The number of hydrogen-bond acceptors (Lipinski definition) is 5. The van der Waals surface area contributed by atoms with E-state index in [2.05, 4.69) is 20.9 Å². The summed E-state index contributed by atoms with van der Waals surface area (Å²) >= 11 is 0. The van der Waals surface area contributed by atoms with Crippen molar-refractivity contribution in [1.82, 2.24) is 19.9 Å². The smallest absolute Gasteiger partial charge is 0.212 e. The molecule has 0 N–H and O–H groups in total. The van der Waals surface area contributed by atoms with Crippen molar-refractivity contribution in [3.63, 3.8) is 0 Å². The third-order valence-corrected chi connectivity index (χ3v) is 4.39. The molecule has 22 heavy (non-hydrogen) atoms. The molecule has 1 aliphatic heterocycles. The van der Waals surface area contributed by atoms with E-state index in [4.69, 9.17) is 9.72 Å². The van der Waals surface area contributed by atoms with E-state index in [1.807, 2.05) is 18.5 Å². The topological polar surface area (TPSA) is 51.1 Å². The van der Waals surface area contributed by atoms with Crippen LogP contribution >= 0.6 is 0 Å². The molecule has 0 amide bonds. The van der Waals surface area contributed by atoms with E-state index in [9.17, 15) is 0 Å². The van der Waals surface area contributed by atoms with E-state index in [1.54, 1.807) is 7.11 Å². The molecule has 0 unspecified atom stereocenters. The van der Waals surface area contributed by atoms with Crippen molar-refractivity contribution in [2.45, 2.75) is 38.3 Å². The molecule has 1 fully saturated rings. The molecule has 1 saturated carbocycles. The Morgan fingerprint density at radius 3 is 2.86 bits per heavy atom. The standard InChI is InChI=1S/C17H20N4O/c1-22-16-5-2-12(8-18-16)10-21-7-6-15-14(11-21)9-19-17(20-15)13-3-4-13/h2,5,8-9,13H,3-4,6-7,10-11H2,1H3. The van der Waals surface area contributed by atoms with Gasteiger partial charge in [-0.3, -0.25) is 4.90 Å². The van der Waals surface area contributed by atoms with Gasteiger partial charge in [0.2, 0.25) is 5.88 Å². The lowest BCUT2D eigenvalue weighted by atomic mass is 10.1. The molecule has 4 rings (SSSR count). The molecule has 2 aromatic rings. The van der Waals surface area contributed by atoms with Crippen LogP contribution in [0.2, 0.25) is 0 Å². The second-order valence-corrected chi connectivity index (χ2v) is 6.14. The Morgan fingerprint density at radius 2 is 2.14 bits per heavy atom. The second-order valence-electron chi connectivity index (χ2n) is 6.14. The fourth-order valence-corrected chi connectivity index (χ4v) is 2.95. The van der Waals surface area contributed by atoms with Crippen molar-refractivity contribution in [3.8, 4) is 5.88 Å². The second kappa shape index (κ2) is 5.65. The molecule has 0 spiro atoms. The van der Waals surface area contributed by atoms with Crippen molar-refractivity contribution < 1.29 is 4.74 Å². The van der Waals surface area contributed by atoms with Crippen molar-refractivity contribution in [1.29, 1.82) is 0 Å². The number of fused-ring (bicyclic) bond motifs is 1. The molecule has 5 heteroatoms. The fraction of sp³-hybridized carbons (Fsp3) is 0.471. The summed E-state index contributed by atoms with van der Waals surface area (Å²) in [6, 6.07) is 3.99. The number of rotatable bonds is 4. The molecule has 0 radical (unpaired) electrons. The van der Waals surface area contributed by atoms with Gasteiger partial charge in [-0.15, -0.1) is 0 Å². The van der Waals surface area contributed by atoms with Crippen LogP contribution in [-0.4, -0.2) is 33.5 Å². The third-order valence-electron chi connectivity index (χ3n) is 4.39. The lowest BCUT2D eigenvalue weighted by Crippen LogP contribution is -2.31. The number of hydrogen-bond donors (Lipinski definition) is 0. The molecule has 0 saturated heterocycles. The average molecular weight is 296 g/mol. The number of methoxy groups -OCH3 is 1. The maximum absolute atomic E-state index is 5.10. The highest BCUT2D eigenvalue weighted by atomic mass is 16.5. The van der Waals surface area contributed by atoms with Gasteiger partial charge in [0.25, 0.3) is 0 Å². The van der Waals surface area contributed by atoms with E-state index < -0.39 is 0 Å². The first-order chi connectivity index (χ1) is 10.8. The first kappa shape index (κ1) is 13.6. The van der Waals surface area contributed by atoms with Gasteiger partial charge < -0.3 is 4.74 Å². The number of aromatic nitrogens is 3. The van der Waals surface area contributed by atoms with E-state index in [0.29, 0.717) is 11.8 Å². The molecule has 0 bridgehead atoms. The lowest BCUT2D eigenvalue weighted by Gasteiger charge is -2.28. The van der Waals surface area contributed by atoms with Crippen LogP contribution in [0.3, 0.4) is 0 Å². The first-order valence-corrected chi connectivity index (χ1v) is 7.88. The van der Waals surface area contributed by atoms with E-state index in [1.165, 1.54) is 29.7 Å². The summed E-state index contributed by atoms with van der Waals surface area (Å²) < 4.78 is 5.10. The molecule has 0 aromatic carbocycles. The Balaban J connectivity index is 1.44. The predicted octanol–water partition coefficient (Wildman–Crippen LogP) is 2.32. The summed E-state index contributed by atoms with van der Waals surface area (Å²) in [5.74, 6) is 2.36. The normalized spacial score (nSPS) is 18.0. The molecule has 114 valence electrons. The van der Waals surface area contributed by atoms with E-state index >= 15 is 0 Å². The van der Waals surface area contributed by atoms with Gasteiger partial charge in [-0.05, 0) is 18.4 Å². The van der Waals surface area contributed by atoms with Gasteiger partial charge in [0, 0.05) is 61.7 Å². The van der Waals surface area contributed by atoms with Crippen LogP contribution < -0.4 is 4.74 Å². The Morgan fingerprint density at radius 1 is 1.23 bits per heavy atom. The maximum Gasteiger partial charge on any atom is 0.212 e. The van der Waals surface area contributed by atoms with Crippen LogP contribution in [0.4, 0.5) is 0 Å². The summed E-state index contributed by atoms with van der Waals surface area (Å²) in [6.07, 6.45) is 7.46. The number of ether oxygens (including phenoxy) is 1. The monoisotopic (exact) mass is 296 g/mol. The molecule has 2 aliphatic rings. The van der Waals surface area contributed by atoms with E-state index in [0.717, 1.165) is 31.9 Å². The Kier molecular flexibility index (Phi) is 3.50. The summed E-state index contributed by atoms with van der Waals surface area (Å²) in [4.78, 5) is 16.0. The average Bonchev–Trinajstić information content (AvgIpc) is 3.40. The molecule has 1 aliphatic carbocycles. The van der Waals surface area contributed by atoms with Gasteiger partial charge in [-0.25, -0.2) is 15.0 Å². The summed E-state index contributed by atoms with van der Waals surface area (Å²) in [6.45, 7) is 2.87. The zero-order valence-corrected chi connectivity index (χ0v) is 12.8. The molecule has 5 nitrogen and oxygen atoms in total. The van der Waals surface area contributed by atoms with Crippen LogP contribution in [-0.2, 0) is 19.5 Å². The highest BCUT2D eigenvalue weighted by Gasteiger charge is 2.28. The van der Waals surface area contributed by atoms with Gasteiger partial charge in [0.05, 0.1) is 7.11 Å². The molecule has 3 heterocycles. The van der Waals surface area contributed by atoms with Crippen molar-refractivity contribution in [3.05, 3.63) is 47.2 Å². The highest BCUT2D eigenvalue weighted by Crippen LogP contribution is 2.38. The largest absolute Gasteiger partial charge is 0.481 e. The zero-order chi connectivity index (χ0) is 14.9. The van der Waals surface area contributed by atoms with Crippen LogP contribution in [0.1, 0.15) is 41.4 Å². The summed E-state index contributed by atoms with van der Waals surface area (Å²) in [7, 11) is 1.64. The van der Waals surface area contributed by atoms with Crippen LogP contribution in [0.15, 0.2) is 24.5 Å². The van der Waals surface area contributed by atoms with Crippen molar-refractivity contribution in [2.24, 2.45) is 0 Å². The first-order valence-electron chi connectivity index (χ1n) is 7.88. The highest BCUT2D eigenvalue weighted by molar-refractivity contribution is 5.23. The van der Waals surface area contributed by atoms with Gasteiger partial charge in [-0.1, -0.05) is 6.07 Å². The van der Waals surface area contributed by atoms with Crippen molar-refractivity contribution >= 4 is 0 Å². The van der Waals surface area contributed by atoms with Gasteiger partial charge >= 0.3 is 0 Å². The Labute approximate surface area is 130 Å². The minimum absolute atomic E-state index is 0.633. The zero-order valence-electron chi connectivity index (χ0n) is 12.8. The fourth-order valence-electron chi connectivity index (χ4n) is 2.95. The minimum atomic E-state index is 0.633. The molecular formula is C17H20N4O. The Bertz CT molecular complexity index is 667. The van der Waals surface area contributed by atoms with Gasteiger partial charge in [-0.2, -0.15) is 0 Å². The summed E-state index contributed by atoms with van der Waals surface area (Å²) in [5.41, 5.74) is 3.73. The maximum atomic E-state index is 5.10. The SMILES string of the molecule is COc1ccc(CN2CCc3nc(C4CC4)ncc3C2)cn1. The lowest BCUT2D eigenvalue weighted by molar-refractivity contribution is 0.242. The van der Waals surface area contributed by atoms with Gasteiger partial charge in [0.15, 0.2) is 0 Å². The molecule has 0 atom stereocenters. The van der Waals surface area contributed by atoms with E-state index in [-0.39, 0.29) is 0 Å². The minimum Gasteiger partial charge on any atom is -0.481 e. The predicted molar refractivity (Wildman–Crippen MR) is 82.6 cm³/mol. The van der Waals surface area contributed by atoms with Crippen LogP contribution in [0, 0.1) is 0 Å². The van der Waals surface area contributed by atoms with Gasteiger partial charge in [0.1, 0.15) is 5.82 Å². The summed E-state index contributed by atoms with van der Waals surface area (Å²) in [5, 5.41) is 0.